The fourth-order valence-corrected chi connectivity index (χ4v) is 2.28. The summed E-state index contributed by atoms with van der Waals surface area (Å²) in [5.41, 5.74) is 0.336. The number of carbonyl (C=O) groups excluding carboxylic acids is 1. The zero-order valence-corrected chi connectivity index (χ0v) is 12.5. The van der Waals surface area contributed by atoms with Crippen molar-refractivity contribution in [3.63, 3.8) is 0 Å². The molecule has 1 N–H and O–H groups in total. The van der Waals surface area contributed by atoms with E-state index in [1.54, 1.807) is 0 Å². The molecule has 0 fully saturated rings. The number of nitrogens with one attached hydrogen (secondary N) is 1. The molecular formula is C14H22N2O4. The third-order valence-electron chi connectivity index (χ3n) is 2.99. The van der Waals surface area contributed by atoms with Crippen LogP contribution < -0.4 is 10.1 Å². The number of amides is 1. The molecule has 0 aliphatic heterocycles. The Kier molecular flexibility index (Phi) is 4.20. The molecule has 1 heterocycles. The number of rotatable bonds is 3. The minimum absolute atomic E-state index is 0.165. The zero-order valence-electron chi connectivity index (χ0n) is 12.5. The number of carbonyl (C=O) groups is 1. The molecule has 1 aliphatic rings. The van der Waals surface area contributed by atoms with Crippen LogP contribution in [-0.2, 0) is 11.2 Å². The average Bonchev–Trinajstić information content (AvgIpc) is 2.71. The standard InChI is InChI=1S/C14H22N2O4/c1-5-18-12-11-9(7-6-8-10(11)20-16-12)15-13(17)19-14(2,3)4/h9H,5-8H2,1-4H3,(H,15,17). The average molecular weight is 282 g/mol. The van der Waals surface area contributed by atoms with Crippen LogP contribution >= 0.6 is 0 Å². The fraction of sp³-hybridized carbons (Fsp3) is 0.714. The van der Waals surface area contributed by atoms with E-state index in [9.17, 15) is 4.79 Å². The van der Waals surface area contributed by atoms with Crippen LogP contribution in [0.15, 0.2) is 4.52 Å². The van der Waals surface area contributed by atoms with Crippen LogP contribution in [0.3, 0.4) is 0 Å². The van der Waals surface area contributed by atoms with Crippen LogP contribution in [-0.4, -0.2) is 23.5 Å². The quantitative estimate of drug-likeness (QED) is 0.922. The van der Waals surface area contributed by atoms with Gasteiger partial charge >= 0.3 is 6.09 Å². The Hall–Kier alpha value is -1.72. The Morgan fingerprint density at radius 2 is 2.25 bits per heavy atom. The van der Waals surface area contributed by atoms with E-state index in [1.165, 1.54) is 0 Å². The van der Waals surface area contributed by atoms with Gasteiger partial charge in [-0.2, -0.15) is 0 Å². The number of aromatic nitrogens is 1. The van der Waals surface area contributed by atoms with Gasteiger partial charge in [0.25, 0.3) is 5.88 Å². The van der Waals surface area contributed by atoms with Crippen molar-refractivity contribution in [3.8, 4) is 5.88 Å². The fourth-order valence-electron chi connectivity index (χ4n) is 2.28. The van der Waals surface area contributed by atoms with E-state index >= 15 is 0 Å². The second-order valence-corrected chi connectivity index (χ2v) is 5.85. The first-order valence-corrected chi connectivity index (χ1v) is 7.01. The van der Waals surface area contributed by atoms with E-state index in [2.05, 4.69) is 10.5 Å². The summed E-state index contributed by atoms with van der Waals surface area (Å²) < 4.78 is 16.0. The minimum atomic E-state index is -0.515. The summed E-state index contributed by atoms with van der Waals surface area (Å²) in [6, 6.07) is -0.165. The van der Waals surface area contributed by atoms with Crippen molar-refractivity contribution in [2.45, 2.75) is 58.6 Å². The molecule has 1 aromatic heterocycles. The lowest BCUT2D eigenvalue weighted by atomic mass is 9.93. The molecule has 0 aromatic carbocycles. The molecule has 6 heteroatoms. The lowest BCUT2D eigenvalue weighted by Crippen LogP contribution is -2.36. The van der Waals surface area contributed by atoms with Crippen molar-refractivity contribution in [2.24, 2.45) is 0 Å². The van der Waals surface area contributed by atoms with Gasteiger partial charge in [-0.05, 0) is 45.7 Å². The maximum Gasteiger partial charge on any atom is 0.408 e. The molecule has 0 bridgehead atoms. The highest BCUT2D eigenvalue weighted by Gasteiger charge is 2.31. The molecular weight excluding hydrogens is 260 g/mol. The number of fused-ring (bicyclic) bond motifs is 1. The maximum absolute atomic E-state index is 11.9. The van der Waals surface area contributed by atoms with E-state index in [0.717, 1.165) is 30.6 Å². The van der Waals surface area contributed by atoms with Gasteiger partial charge in [-0.15, -0.1) is 0 Å². The Morgan fingerprint density at radius 1 is 1.50 bits per heavy atom. The molecule has 0 radical (unpaired) electrons. The molecule has 1 aliphatic carbocycles. The normalized spacial score (nSPS) is 18.3. The smallest absolute Gasteiger partial charge is 0.408 e. The maximum atomic E-state index is 11.9. The van der Waals surface area contributed by atoms with Crippen molar-refractivity contribution in [2.75, 3.05) is 6.61 Å². The van der Waals surface area contributed by atoms with Gasteiger partial charge in [0.05, 0.1) is 18.2 Å². The van der Waals surface area contributed by atoms with E-state index in [1.807, 2.05) is 27.7 Å². The molecule has 1 unspecified atom stereocenters. The molecule has 6 nitrogen and oxygen atoms in total. The molecule has 1 atom stereocenters. The van der Waals surface area contributed by atoms with Crippen molar-refractivity contribution in [1.29, 1.82) is 0 Å². The van der Waals surface area contributed by atoms with Gasteiger partial charge < -0.3 is 19.3 Å². The van der Waals surface area contributed by atoms with Crippen LogP contribution in [0.2, 0.25) is 0 Å². The lowest BCUT2D eigenvalue weighted by Gasteiger charge is -2.25. The van der Waals surface area contributed by atoms with Gasteiger partial charge in [-0.25, -0.2) is 4.79 Å². The molecule has 2 rings (SSSR count). The van der Waals surface area contributed by atoms with Gasteiger partial charge in [0.2, 0.25) is 0 Å². The lowest BCUT2D eigenvalue weighted by molar-refractivity contribution is 0.0497. The second kappa shape index (κ2) is 5.73. The molecule has 0 saturated heterocycles. The molecule has 0 spiro atoms. The summed E-state index contributed by atoms with van der Waals surface area (Å²) in [7, 11) is 0. The summed E-state index contributed by atoms with van der Waals surface area (Å²) >= 11 is 0. The predicted octanol–water partition coefficient (Wildman–Crippen LogP) is 2.98. The monoisotopic (exact) mass is 282 g/mol. The Morgan fingerprint density at radius 3 is 2.90 bits per heavy atom. The minimum Gasteiger partial charge on any atom is -0.476 e. The highest BCUT2D eigenvalue weighted by molar-refractivity contribution is 5.68. The molecule has 112 valence electrons. The molecule has 20 heavy (non-hydrogen) atoms. The first-order valence-electron chi connectivity index (χ1n) is 7.01. The van der Waals surface area contributed by atoms with Crippen molar-refractivity contribution in [1.82, 2.24) is 10.5 Å². The van der Waals surface area contributed by atoms with E-state index in [0.29, 0.717) is 12.5 Å². The number of nitrogens with zero attached hydrogens (tertiary/aromatic N) is 1. The van der Waals surface area contributed by atoms with E-state index in [-0.39, 0.29) is 6.04 Å². The second-order valence-electron chi connectivity index (χ2n) is 5.85. The van der Waals surface area contributed by atoms with Crippen LogP contribution in [0.1, 0.15) is 57.9 Å². The van der Waals surface area contributed by atoms with Crippen LogP contribution in [0, 0.1) is 0 Å². The summed E-state index contributed by atoms with van der Waals surface area (Å²) in [5, 5.41) is 6.81. The number of hydrogen-bond donors (Lipinski definition) is 1. The van der Waals surface area contributed by atoms with Crippen molar-refractivity contribution >= 4 is 6.09 Å². The number of aryl methyl sites for hydroxylation is 1. The van der Waals surface area contributed by atoms with Crippen molar-refractivity contribution in [3.05, 3.63) is 11.3 Å². The summed E-state index contributed by atoms with van der Waals surface area (Å²) in [6.45, 7) is 7.91. The van der Waals surface area contributed by atoms with E-state index in [4.69, 9.17) is 14.0 Å². The summed E-state index contributed by atoms with van der Waals surface area (Å²) in [4.78, 5) is 11.9. The number of alkyl carbamates (subject to hydrolysis) is 1. The third kappa shape index (κ3) is 3.43. The first-order chi connectivity index (χ1) is 9.40. The van der Waals surface area contributed by atoms with Crippen LogP contribution in [0.4, 0.5) is 4.79 Å². The van der Waals surface area contributed by atoms with Gasteiger partial charge in [-0.1, -0.05) is 0 Å². The molecule has 1 aromatic rings. The molecule has 0 saturated carbocycles. The highest BCUT2D eigenvalue weighted by Crippen LogP contribution is 2.36. The summed E-state index contributed by atoms with van der Waals surface area (Å²) in [5.74, 6) is 1.27. The van der Waals surface area contributed by atoms with Gasteiger partial charge in [0.15, 0.2) is 0 Å². The SMILES string of the molecule is CCOc1noc2c1C(NC(=O)OC(C)(C)C)CCC2. The topological polar surface area (TPSA) is 73.6 Å². The Balaban J connectivity index is 2.11. The van der Waals surface area contributed by atoms with Crippen LogP contribution in [0.5, 0.6) is 5.88 Å². The third-order valence-corrected chi connectivity index (χ3v) is 2.99. The highest BCUT2D eigenvalue weighted by atomic mass is 16.6. The summed E-state index contributed by atoms with van der Waals surface area (Å²) in [6.07, 6.45) is 2.16. The van der Waals surface area contributed by atoms with Gasteiger partial charge in [-0.3, -0.25) is 0 Å². The zero-order chi connectivity index (χ0) is 14.8. The Labute approximate surface area is 118 Å². The number of ether oxygens (including phenoxy) is 2. The number of hydrogen-bond acceptors (Lipinski definition) is 5. The van der Waals surface area contributed by atoms with Crippen LogP contribution in [0.25, 0.3) is 0 Å². The first kappa shape index (κ1) is 14.7. The van der Waals surface area contributed by atoms with Gasteiger partial charge in [0, 0.05) is 6.42 Å². The Bertz CT molecular complexity index is 476. The molecule has 1 amide bonds. The van der Waals surface area contributed by atoms with Crippen molar-refractivity contribution < 1.29 is 18.8 Å². The van der Waals surface area contributed by atoms with E-state index < -0.39 is 11.7 Å². The van der Waals surface area contributed by atoms with Gasteiger partial charge in [0.1, 0.15) is 11.4 Å². The largest absolute Gasteiger partial charge is 0.476 e. The predicted molar refractivity (Wildman–Crippen MR) is 72.7 cm³/mol.